The molecule has 7 heteroatoms. The van der Waals surface area contributed by atoms with Gasteiger partial charge < -0.3 is 10.4 Å². The van der Waals surface area contributed by atoms with Gasteiger partial charge in [0.05, 0.1) is 15.8 Å². The summed E-state index contributed by atoms with van der Waals surface area (Å²) in [5.74, 6) is -0.259. The Labute approximate surface area is 147 Å². The van der Waals surface area contributed by atoms with Crippen molar-refractivity contribution >= 4 is 33.1 Å². The highest BCUT2D eigenvalue weighted by atomic mass is 32.1. The molecule has 0 aliphatic carbocycles. The molecule has 0 fully saturated rings. The number of phenolic OH excluding ortho intramolecular Hbond substituents is 1. The lowest BCUT2D eigenvalue weighted by Gasteiger charge is -2.06. The largest absolute Gasteiger partial charge is 0.507 e. The van der Waals surface area contributed by atoms with E-state index >= 15 is 0 Å². The number of nitrogens with one attached hydrogen (secondary N) is 1. The van der Waals surface area contributed by atoms with Gasteiger partial charge in [0.1, 0.15) is 10.8 Å². The summed E-state index contributed by atoms with van der Waals surface area (Å²) in [5.41, 5.74) is 2.35. The van der Waals surface area contributed by atoms with Crippen molar-refractivity contribution in [2.24, 2.45) is 7.05 Å². The molecule has 0 aliphatic heterocycles. The Kier molecular flexibility index (Phi) is 3.70. The summed E-state index contributed by atoms with van der Waals surface area (Å²) in [6.07, 6.45) is 1.70. The van der Waals surface area contributed by atoms with Crippen molar-refractivity contribution in [3.8, 4) is 16.3 Å². The molecule has 124 valence electrons. The number of fused-ring (bicyclic) bond motifs is 1. The molecule has 0 radical (unpaired) electrons. The van der Waals surface area contributed by atoms with Crippen LogP contribution in [0.3, 0.4) is 0 Å². The number of anilines is 1. The van der Waals surface area contributed by atoms with E-state index in [9.17, 15) is 9.90 Å². The molecule has 0 atom stereocenters. The van der Waals surface area contributed by atoms with Crippen molar-refractivity contribution in [1.29, 1.82) is 0 Å². The fraction of sp³-hybridized carbons (Fsp3) is 0.0556. The standard InChI is InChI=1S/C18H14N4O2S/c1-22-9-8-14(21-22)17(24)19-11-6-7-12(15(23)10-11)18-20-13-4-2-3-5-16(13)25-18/h2-10,23H,1H3,(H,19,24). The summed E-state index contributed by atoms with van der Waals surface area (Å²) in [6, 6.07) is 14.5. The minimum atomic E-state index is -0.326. The quantitative estimate of drug-likeness (QED) is 0.591. The average molecular weight is 350 g/mol. The smallest absolute Gasteiger partial charge is 0.276 e. The highest BCUT2D eigenvalue weighted by Crippen LogP contribution is 2.36. The molecular formula is C18H14N4O2S. The number of thiazole rings is 1. The van der Waals surface area contributed by atoms with Crippen molar-refractivity contribution in [3.63, 3.8) is 0 Å². The lowest BCUT2D eigenvalue weighted by molar-refractivity contribution is 0.102. The molecule has 0 saturated carbocycles. The van der Waals surface area contributed by atoms with E-state index in [1.165, 1.54) is 17.4 Å². The normalized spacial score (nSPS) is 10.9. The van der Waals surface area contributed by atoms with Crippen LogP contribution in [0.25, 0.3) is 20.8 Å². The van der Waals surface area contributed by atoms with Crippen LogP contribution in [0.4, 0.5) is 5.69 Å². The third-order valence-corrected chi connectivity index (χ3v) is 4.80. The molecule has 0 aliphatic rings. The Morgan fingerprint density at radius 3 is 2.76 bits per heavy atom. The van der Waals surface area contributed by atoms with Gasteiger partial charge in [0.25, 0.3) is 5.91 Å². The van der Waals surface area contributed by atoms with Crippen LogP contribution in [0.1, 0.15) is 10.5 Å². The first-order valence-electron chi connectivity index (χ1n) is 7.60. The Bertz CT molecular complexity index is 1050. The molecule has 2 aromatic heterocycles. The fourth-order valence-electron chi connectivity index (χ4n) is 2.51. The maximum atomic E-state index is 12.1. The molecule has 0 saturated heterocycles. The van der Waals surface area contributed by atoms with Crippen LogP contribution in [0, 0.1) is 0 Å². The highest BCUT2D eigenvalue weighted by Gasteiger charge is 2.13. The summed E-state index contributed by atoms with van der Waals surface area (Å²) >= 11 is 1.51. The van der Waals surface area contributed by atoms with Crippen LogP contribution in [0.2, 0.25) is 0 Å². The van der Waals surface area contributed by atoms with Gasteiger partial charge in [0.2, 0.25) is 0 Å². The van der Waals surface area contributed by atoms with Crippen molar-refractivity contribution < 1.29 is 9.90 Å². The summed E-state index contributed by atoms with van der Waals surface area (Å²) in [7, 11) is 1.75. The summed E-state index contributed by atoms with van der Waals surface area (Å²) in [4.78, 5) is 16.7. The van der Waals surface area contributed by atoms with E-state index in [0.29, 0.717) is 16.9 Å². The second-order valence-corrected chi connectivity index (χ2v) is 6.58. The number of carbonyl (C=O) groups is 1. The van der Waals surface area contributed by atoms with E-state index in [2.05, 4.69) is 15.4 Å². The Morgan fingerprint density at radius 1 is 1.20 bits per heavy atom. The van der Waals surface area contributed by atoms with Crippen LogP contribution in [0.5, 0.6) is 5.75 Å². The summed E-state index contributed by atoms with van der Waals surface area (Å²) in [5, 5.41) is 17.9. The summed E-state index contributed by atoms with van der Waals surface area (Å²) < 4.78 is 2.62. The minimum absolute atomic E-state index is 0.0675. The highest BCUT2D eigenvalue weighted by molar-refractivity contribution is 7.21. The van der Waals surface area contributed by atoms with Crippen LogP contribution in [-0.4, -0.2) is 25.8 Å². The zero-order valence-corrected chi connectivity index (χ0v) is 14.1. The third kappa shape index (κ3) is 2.97. The van der Waals surface area contributed by atoms with E-state index in [1.54, 1.807) is 36.1 Å². The molecule has 4 aromatic rings. The van der Waals surface area contributed by atoms with Crippen LogP contribution in [0.15, 0.2) is 54.7 Å². The predicted molar refractivity (Wildman–Crippen MR) is 97.9 cm³/mol. The van der Waals surface area contributed by atoms with Gasteiger partial charge in [-0.25, -0.2) is 4.98 Å². The van der Waals surface area contributed by atoms with Gasteiger partial charge in [-0.1, -0.05) is 12.1 Å². The average Bonchev–Trinajstić information content (AvgIpc) is 3.21. The predicted octanol–water partition coefficient (Wildman–Crippen LogP) is 3.65. The first-order valence-corrected chi connectivity index (χ1v) is 8.42. The molecule has 0 unspecified atom stereocenters. The lowest BCUT2D eigenvalue weighted by atomic mass is 10.2. The molecule has 25 heavy (non-hydrogen) atoms. The van der Waals surface area contributed by atoms with Crippen LogP contribution < -0.4 is 5.32 Å². The van der Waals surface area contributed by atoms with Gasteiger partial charge >= 0.3 is 0 Å². The van der Waals surface area contributed by atoms with E-state index in [1.807, 2.05) is 24.3 Å². The number of rotatable bonds is 3. The Hall–Kier alpha value is -3.19. The maximum absolute atomic E-state index is 12.1. The zero-order chi connectivity index (χ0) is 17.4. The van der Waals surface area contributed by atoms with E-state index in [0.717, 1.165) is 15.2 Å². The minimum Gasteiger partial charge on any atom is -0.507 e. The van der Waals surface area contributed by atoms with Crippen molar-refractivity contribution in [1.82, 2.24) is 14.8 Å². The third-order valence-electron chi connectivity index (χ3n) is 3.73. The molecule has 6 nitrogen and oxygen atoms in total. The van der Waals surface area contributed by atoms with Gasteiger partial charge in [-0.15, -0.1) is 11.3 Å². The van der Waals surface area contributed by atoms with E-state index in [4.69, 9.17) is 0 Å². The SMILES string of the molecule is Cn1ccc(C(=O)Nc2ccc(-c3nc4ccccc4s3)c(O)c2)n1. The maximum Gasteiger partial charge on any atom is 0.276 e. The molecule has 2 N–H and O–H groups in total. The van der Waals surface area contributed by atoms with Crippen LogP contribution in [-0.2, 0) is 7.05 Å². The number of amides is 1. The summed E-state index contributed by atoms with van der Waals surface area (Å²) in [6.45, 7) is 0. The molecular weight excluding hydrogens is 336 g/mol. The zero-order valence-electron chi connectivity index (χ0n) is 13.3. The molecule has 0 spiro atoms. The van der Waals surface area contributed by atoms with E-state index in [-0.39, 0.29) is 11.7 Å². The van der Waals surface area contributed by atoms with E-state index < -0.39 is 0 Å². The number of aromatic nitrogens is 3. The number of hydrogen-bond donors (Lipinski definition) is 2. The van der Waals surface area contributed by atoms with Gasteiger partial charge in [-0.3, -0.25) is 9.48 Å². The fourth-order valence-corrected chi connectivity index (χ4v) is 3.51. The lowest BCUT2D eigenvalue weighted by Crippen LogP contribution is -2.12. The second-order valence-electron chi connectivity index (χ2n) is 5.55. The number of hydrogen-bond acceptors (Lipinski definition) is 5. The van der Waals surface area contributed by atoms with Crippen molar-refractivity contribution in [3.05, 3.63) is 60.4 Å². The topological polar surface area (TPSA) is 80.0 Å². The molecule has 4 rings (SSSR count). The van der Waals surface area contributed by atoms with Gasteiger partial charge in [-0.2, -0.15) is 5.10 Å². The first-order chi connectivity index (χ1) is 12.1. The number of carbonyl (C=O) groups excluding carboxylic acids is 1. The number of aryl methyl sites for hydroxylation is 1. The number of benzene rings is 2. The molecule has 1 amide bonds. The number of aromatic hydroxyl groups is 1. The van der Waals surface area contributed by atoms with Crippen LogP contribution >= 0.6 is 11.3 Å². The van der Waals surface area contributed by atoms with Crippen molar-refractivity contribution in [2.75, 3.05) is 5.32 Å². The van der Waals surface area contributed by atoms with Crippen molar-refractivity contribution in [2.45, 2.75) is 0 Å². The second kappa shape index (κ2) is 6.03. The first kappa shape index (κ1) is 15.3. The number of para-hydroxylation sites is 1. The Balaban J connectivity index is 1.61. The van der Waals surface area contributed by atoms with Gasteiger partial charge in [-0.05, 0) is 30.3 Å². The number of nitrogens with zero attached hydrogens (tertiary/aromatic N) is 3. The molecule has 2 heterocycles. The van der Waals surface area contributed by atoms with Gasteiger partial charge in [0.15, 0.2) is 5.69 Å². The number of phenols is 1. The molecule has 2 aromatic carbocycles. The monoisotopic (exact) mass is 350 g/mol. The van der Waals surface area contributed by atoms with Gasteiger partial charge in [0, 0.05) is 25.0 Å². The Morgan fingerprint density at radius 2 is 2.04 bits per heavy atom. The molecule has 0 bridgehead atoms.